The van der Waals surface area contributed by atoms with E-state index in [1.165, 1.54) is 0 Å². The third-order valence-corrected chi connectivity index (χ3v) is 3.41. The van der Waals surface area contributed by atoms with Gasteiger partial charge in [0.2, 0.25) is 11.8 Å². The fourth-order valence-electron chi connectivity index (χ4n) is 2.20. The molecule has 1 aliphatic heterocycles. The van der Waals surface area contributed by atoms with Crippen molar-refractivity contribution in [3.05, 3.63) is 29.2 Å². The topological polar surface area (TPSA) is 92.7 Å². The van der Waals surface area contributed by atoms with Crippen LogP contribution >= 0.6 is 12.2 Å². The zero-order valence-electron chi connectivity index (χ0n) is 10.4. The van der Waals surface area contributed by atoms with E-state index in [0.717, 1.165) is 0 Å². The molecule has 20 heavy (non-hydrogen) atoms. The molecule has 0 aliphatic carbocycles. The fraction of sp³-hybridized carbons (Fsp3) is 0.250. The van der Waals surface area contributed by atoms with Crippen molar-refractivity contribution < 1.29 is 9.59 Å². The molecule has 8 heteroatoms. The third-order valence-electron chi connectivity index (χ3n) is 3.12. The van der Waals surface area contributed by atoms with E-state index in [9.17, 15) is 9.59 Å². The van der Waals surface area contributed by atoms with Crippen molar-refractivity contribution in [3.8, 4) is 11.5 Å². The highest BCUT2D eigenvalue weighted by molar-refractivity contribution is 7.71. The highest BCUT2D eigenvalue weighted by atomic mass is 32.1. The minimum absolute atomic E-state index is 0.263. The molecule has 102 valence electrons. The number of carbonyl (C=O) groups excluding carboxylic acids is 2. The van der Waals surface area contributed by atoms with Gasteiger partial charge in [0.05, 0.1) is 0 Å². The molecule has 3 rings (SSSR count). The summed E-state index contributed by atoms with van der Waals surface area (Å²) < 4.78 is 1.94. The molecule has 0 radical (unpaired) electrons. The lowest BCUT2D eigenvalue weighted by molar-refractivity contribution is -0.135. The smallest absolute Gasteiger partial charge is 0.249 e. The fourth-order valence-corrected chi connectivity index (χ4v) is 2.46. The monoisotopic (exact) mass is 289 g/mol. The standard InChI is InChI=1S/C12H11N5O2S/c18-9-5-4-8(11(19)14-9)17-10(15-16-12(17)20)7-3-1-2-6-13-7/h1-3,6,8H,4-5H2,(H,16,20)(H,14,18,19). The number of carbonyl (C=O) groups is 2. The summed E-state index contributed by atoms with van der Waals surface area (Å²) in [4.78, 5) is 27.4. The largest absolute Gasteiger partial charge is 0.295 e. The number of imide groups is 1. The Kier molecular flexibility index (Phi) is 3.15. The molecular weight excluding hydrogens is 278 g/mol. The summed E-state index contributed by atoms with van der Waals surface area (Å²) >= 11 is 5.19. The number of nitrogens with zero attached hydrogens (tertiary/aromatic N) is 3. The number of aromatic nitrogens is 4. The van der Waals surface area contributed by atoms with Gasteiger partial charge < -0.3 is 0 Å². The SMILES string of the molecule is O=C1CCC(n2c(-c3ccccn3)n[nH]c2=S)C(=O)N1. The van der Waals surface area contributed by atoms with Crippen molar-refractivity contribution in [2.24, 2.45) is 0 Å². The highest BCUT2D eigenvalue weighted by Gasteiger charge is 2.30. The first-order valence-electron chi connectivity index (χ1n) is 6.09. The van der Waals surface area contributed by atoms with Crippen LogP contribution in [0.3, 0.4) is 0 Å². The molecule has 2 N–H and O–H groups in total. The predicted octanol–water partition coefficient (Wildman–Crippen LogP) is 0.980. The van der Waals surface area contributed by atoms with Crippen molar-refractivity contribution in [3.63, 3.8) is 0 Å². The maximum atomic E-state index is 12.0. The number of hydrogen-bond donors (Lipinski definition) is 2. The van der Waals surface area contributed by atoms with E-state index in [1.54, 1.807) is 22.9 Å². The average Bonchev–Trinajstić information content (AvgIpc) is 2.82. The van der Waals surface area contributed by atoms with Gasteiger partial charge in [0.25, 0.3) is 0 Å². The van der Waals surface area contributed by atoms with Gasteiger partial charge in [0.15, 0.2) is 10.6 Å². The van der Waals surface area contributed by atoms with E-state index < -0.39 is 6.04 Å². The van der Waals surface area contributed by atoms with E-state index in [2.05, 4.69) is 20.5 Å². The van der Waals surface area contributed by atoms with Crippen LogP contribution in [-0.2, 0) is 9.59 Å². The minimum Gasteiger partial charge on any atom is -0.295 e. The summed E-state index contributed by atoms with van der Waals surface area (Å²) in [5.41, 5.74) is 0.615. The quantitative estimate of drug-likeness (QED) is 0.635. The number of amides is 2. The van der Waals surface area contributed by atoms with Crippen LogP contribution in [0.1, 0.15) is 18.9 Å². The lowest BCUT2D eigenvalue weighted by Crippen LogP contribution is -2.42. The molecule has 2 aromatic rings. The van der Waals surface area contributed by atoms with Crippen LogP contribution < -0.4 is 5.32 Å². The first-order chi connectivity index (χ1) is 9.66. The number of pyridine rings is 1. The summed E-state index contributed by atoms with van der Waals surface area (Å²) in [6.07, 6.45) is 2.32. The van der Waals surface area contributed by atoms with Gasteiger partial charge in [-0.05, 0) is 30.8 Å². The maximum Gasteiger partial charge on any atom is 0.249 e. The summed E-state index contributed by atoms with van der Waals surface area (Å²) in [5, 5.41) is 9.13. The van der Waals surface area contributed by atoms with Crippen molar-refractivity contribution in [2.45, 2.75) is 18.9 Å². The lowest BCUT2D eigenvalue weighted by Gasteiger charge is -2.22. The molecule has 3 heterocycles. The molecule has 1 saturated heterocycles. The van der Waals surface area contributed by atoms with Crippen LogP contribution in [0, 0.1) is 4.77 Å². The van der Waals surface area contributed by atoms with Crippen molar-refractivity contribution in [1.82, 2.24) is 25.1 Å². The highest BCUT2D eigenvalue weighted by Crippen LogP contribution is 2.24. The first-order valence-corrected chi connectivity index (χ1v) is 6.49. The molecule has 0 bridgehead atoms. The average molecular weight is 289 g/mol. The molecule has 1 fully saturated rings. The first kappa shape index (κ1) is 12.7. The van der Waals surface area contributed by atoms with Crippen molar-refractivity contribution in [1.29, 1.82) is 0 Å². The molecule has 1 aliphatic rings. The molecule has 1 unspecified atom stereocenters. The Morgan fingerprint density at radius 1 is 1.35 bits per heavy atom. The third kappa shape index (κ3) is 2.14. The predicted molar refractivity (Wildman–Crippen MR) is 72.1 cm³/mol. The maximum absolute atomic E-state index is 12.0. The van der Waals surface area contributed by atoms with Crippen LogP contribution in [-0.4, -0.2) is 31.6 Å². The van der Waals surface area contributed by atoms with Gasteiger partial charge in [-0.1, -0.05) is 6.07 Å². The van der Waals surface area contributed by atoms with E-state index in [1.807, 2.05) is 6.07 Å². The molecule has 0 spiro atoms. The number of H-pyrrole nitrogens is 1. The lowest BCUT2D eigenvalue weighted by atomic mass is 10.1. The second-order valence-corrected chi connectivity index (χ2v) is 4.79. The number of rotatable bonds is 2. The van der Waals surface area contributed by atoms with Gasteiger partial charge in [-0.25, -0.2) is 0 Å². The number of piperidine rings is 1. The van der Waals surface area contributed by atoms with Gasteiger partial charge in [-0.15, -0.1) is 0 Å². The molecule has 0 aromatic carbocycles. The van der Waals surface area contributed by atoms with Gasteiger partial charge in [-0.2, -0.15) is 5.10 Å². The Morgan fingerprint density at radius 2 is 2.20 bits per heavy atom. The number of hydrogen-bond acceptors (Lipinski definition) is 5. The Balaban J connectivity index is 2.06. The van der Waals surface area contributed by atoms with Gasteiger partial charge in [0, 0.05) is 12.6 Å². The Bertz CT molecular complexity index is 721. The summed E-state index contributed by atoms with van der Waals surface area (Å²) in [6.45, 7) is 0. The van der Waals surface area contributed by atoms with Gasteiger partial charge in [-0.3, -0.25) is 29.6 Å². The molecule has 2 amide bonds. The molecule has 7 nitrogen and oxygen atoms in total. The molecular formula is C12H11N5O2S. The molecule has 0 saturated carbocycles. The minimum atomic E-state index is -0.545. The second kappa shape index (κ2) is 4.97. The summed E-state index contributed by atoms with van der Waals surface area (Å²) in [6, 6.07) is 4.86. The second-order valence-electron chi connectivity index (χ2n) is 4.40. The normalized spacial score (nSPS) is 18.9. The van der Waals surface area contributed by atoms with Crippen LogP contribution in [0.4, 0.5) is 0 Å². The van der Waals surface area contributed by atoms with E-state index >= 15 is 0 Å². The van der Waals surface area contributed by atoms with E-state index in [0.29, 0.717) is 22.7 Å². The Hall–Kier alpha value is -2.35. The molecule has 2 aromatic heterocycles. The molecule has 1 atom stereocenters. The van der Waals surface area contributed by atoms with Crippen molar-refractivity contribution in [2.75, 3.05) is 0 Å². The van der Waals surface area contributed by atoms with E-state index in [-0.39, 0.29) is 18.2 Å². The van der Waals surface area contributed by atoms with Crippen molar-refractivity contribution >= 4 is 24.0 Å². The van der Waals surface area contributed by atoms with Crippen LogP contribution in [0.5, 0.6) is 0 Å². The van der Waals surface area contributed by atoms with Crippen LogP contribution in [0.2, 0.25) is 0 Å². The van der Waals surface area contributed by atoms with Gasteiger partial charge >= 0.3 is 0 Å². The Labute approximate surface area is 119 Å². The number of aromatic amines is 1. The summed E-state index contributed by atoms with van der Waals surface area (Å²) in [5.74, 6) is -0.137. The van der Waals surface area contributed by atoms with Gasteiger partial charge in [0.1, 0.15) is 11.7 Å². The van der Waals surface area contributed by atoms with Crippen LogP contribution in [0.15, 0.2) is 24.4 Å². The van der Waals surface area contributed by atoms with Crippen LogP contribution in [0.25, 0.3) is 11.5 Å². The Morgan fingerprint density at radius 3 is 2.90 bits per heavy atom. The zero-order valence-corrected chi connectivity index (χ0v) is 11.2. The zero-order chi connectivity index (χ0) is 14.1. The van der Waals surface area contributed by atoms with E-state index in [4.69, 9.17) is 12.2 Å². The number of nitrogens with one attached hydrogen (secondary N) is 2. The summed E-state index contributed by atoms with van der Waals surface area (Å²) in [7, 11) is 0.